The van der Waals surface area contributed by atoms with Crippen LogP contribution < -0.4 is 5.73 Å². The van der Waals surface area contributed by atoms with Crippen LogP contribution in [-0.4, -0.2) is 23.2 Å². The lowest BCUT2D eigenvalue weighted by molar-refractivity contribution is 0.209. The first kappa shape index (κ1) is 10.2. The van der Waals surface area contributed by atoms with Gasteiger partial charge in [-0.05, 0) is 24.1 Å². The van der Waals surface area contributed by atoms with Crippen LogP contribution in [0.15, 0.2) is 18.5 Å². The molecule has 0 aromatic carbocycles. The molecular formula is C10H16N2O. The number of aryl methyl sites for hydroxylation is 1. The average molecular weight is 180 g/mol. The first-order chi connectivity index (χ1) is 6.14. The predicted octanol–water partition coefficient (Wildman–Crippen LogP) is 0.599. The maximum Gasteiger partial charge on any atom is 0.0538 e. The minimum Gasteiger partial charge on any atom is -0.395 e. The molecule has 72 valence electrons. The highest BCUT2D eigenvalue weighted by molar-refractivity contribution is 5.30. The number of aliphatic hydroxyl groups is 1. The molecule has 0 aliphatic carbocycles. The second-order valence-corrected chi connectivity index (χ2v) is 3.61. The van der Waals surface area contributed by atoms with Gasteiger partial charge in [0.1, 0.15) is 0 Å². The van der Waals surface area contributed by atoms with Crippen LogP contribution in [0.25, 0.3) is 0 Å². The standard InChI is InChI=1S/C10H16N2O/c1-8-3-4-12-5-9(8)10(2,6-11)7-13/h3-5,13H,6-7,11H2,1-2H3. The minimum atomic E-state index is -0.363. The molecule has 0 saturated carbocycles. The summed E-state index contributed by atoms with van der Waals surface area (Å²) in [6, 6.07) is 1.93. The van der Waals surface area contributed by atoms with Crippen LogP contribution in [0, 0.1) is 6.92 Å². The summed E-state index contributed by atoms with van der Waals surface area (Å²) in [5, 5.41) is 9.26. The number of hydrogen-bond acceptors (Lipinski definition) is 3. The summed E-state index contributed by atoms with van der Waals surface area (Å²) in [4.78, 5) is 4.04. The fraction of sp³-hybridized carbons (Fsp3) is 0.500. The molecular weight excluding hydrogens is 164 g/mol. The van der Waals surface area contributed by atoms with Gasteiger partial charge in [0.2, 0.25) is 0 Å². The summed E-state index contributed by atoms with van der Waals surface area (Å²) in [5.41, 5.74) is 7.42. The Morgan fingerprint density at radius 2 is 2.31 bits per heavy atom. The van der Waals surface area contributed by atoms with E-state index in [-0.39, 0.29) is 12.0 Å². The molecule has 0 bridgehead atoms. The van der Waals surface area contributed by atoms with E-state index in [1.54, 1.807) is 12.4 Å². The van der Waals surface area contributed by atoms with Crippen molar-refractivity contribution in [3.05, 3.63) is 29.6 Å². The summed E-state index contributed by atoms with van der Waals surface area (Å²) in [7, 11) is 0. The van der Waals surface area contributed by atoms with E-state index in [1.165, 1.54) is 0 Å². The third kappa shape index (κ3) is 1.87. The van der Waals surface area contributed by atoms with Crippen LogP contribution in [-0.2, 0) is 5.41 Å². The topological polar surface area (TPSA) is 59.1 Å². The van der Waals surface area contributed by atoms with Crippen molar-refractivity contribution >= 4 is 0 Å². The molecule has 0 spiro atoms. The molecule has 0 radical (unpaired) electrons. The molecule has 1 heterocycles. The van der Waals surface area contributed by atoms with Gasteiger partial charge in [0.25, 0.3) is 0 Å². The fourth-order valence-electron chi connectivity index (χ4n) is 1.36. The first-order valence-corrected chi connectivity index (χ1v) is 4.36. The van der Waals surface area contributed by atoms with E-state index in [9.17, 15) is 5.11 Å². The predicted molar refractivity (Wildman–Crippen MR) is 52.5 cm³/mol. The molecule has 3 N–H and O–H groups in total. The molecule has 0 amide bonds. The Balaban J connectivity index is 3.12. The molecule has 1 aromatic rings. The second kappa shape index (κ2) is 3.85. The van der Waals surface area contributed by atoms with Crippen molar-refractivity contribution in [2.75, 3.05) is 13.2 Å². The normalized spacial score (nSPS) is 15.4. The Bertz CT molecular complexity index is 282. The number of nitrogens with zero attached hydrogens (tertiary/aromatic N) is 1. The third-order valence-electron chi connectivity index (χ3n) is 2.49. The highest BCUT2D eigenvalue weighted by Gasteiger charge is 2.25. The number of aromatic nitrogens is 1. The van der Waals surface area contributed by atoms with E-state index in [0.717, 1.165) is 11.1 Å². The molecule has 3 heteroatoms. The van der Waals surface area contributed by atoms with Crippen LogP contribution in [0.2, 0.25) is 0 Å². The molecule has 0 fully saturated rings. The van der Waals surface area contributed by atoms with Gasteiger partial charge in [0, 0.05) is 24.4 Å². The van der Waals surface area contributed by atoms with Crippen LogP contribution >= 0.6 is 0 Å². The number of hydrogen-bond donors (Lipinski definition) is 2. The van der Waals surface area contributed by atoms with Gasteiger partial charge in [-0.1, -0.05) is 6.92 Å². The second-order valence-electron chi connectivity index (χ2n) is 3.61. The van der Waals surface area contributed by atoms with E-state index < -0.39 is 0 Å². The van der Waals surface area contributed by atoms with Gasteiger partial charge < -0.3 is 10.8 Å². The van der Waals surface area contributed by atoms with Crippen LogP contribution in [0.4, 0.5) is 0 Å². The minimum absolute atomic E-state index is 0.0516. The maximum atomic E-state index is 9.26. The fourth-order valence-corrected chi connectivity index (χ4v) is 1.36. The zero-order valence-electron chi connectivity index (χ0n) is 8.12. The monoisotopic (exact) mass is 180 g/mol. The van der Waals surface area contributed by atoms with Gasteiger partial charge in [0.15, 0.2) is 0 Å². The molecule has 0 aliphatic rings. The molecule has 0 aliphatic heterocycles. The lowest BCUT2D eigenvalue weighted by Crippen LogP contribution is -2.36. The summed E-state index contributed by atoms with van der Waals surface area (Å²) in [6.45, 7) is 4.42. The summed E-state index contributed by atoms with van der Waals surface area (Å²) in [5.74, 6) is 0. The van der Waals surface area contributed by atoms with Crippen molar-refractivity contribution in [2.45, 2.75) is 19.3 Å². The van der Waals surface area contributed by atoms with Gasteiger partial charge in [-0.15, -0.1) is 0 Å². The van der Waals surface area contributed by atoms with Crippen molar-refractivity contribution in [2.24, 2.45) is 5.73 Å². The molecule has 1 unspecified atom stereocenters. The van der Waals surface area contributed by atoms with Gasteiger partial charge in [-0.3, -0.25) is 4.98 Å². The Morgan fingerprint density at radius 3 is 2.77 bits per heavy atom. The number of nitrogens with two attached hydrogens (primary N) is 1. The Kier molecular flexibility index (Phi) is 3.01. The summed E-state index contributed by atoms with van der Waals surface area (Å²) >= 11 is 0. The number of rotatable bonds is 3. The number of aliphatic hydroxyl groups excluding tert-OH is 1. The van der Waals surface area contributed by atoms with Crippen molar-refractivity contribution < 1.29 is 5.11 Å². The molecule has 13 heavy (non-hydrogen) atoms. The van der Waals surface area contributed by atoms with Crippen LogP contribution in [0.3, 0.4) is 0 Å². The summed E-state index contributed by atoms with van der Waals surface area (Å²) in [6.07, 6.45) is 3.52. The highest BCUT2D eigenvalue weighted by Crippen LogP contribution is 2.23. The SMILES string of the molecule is Cc1ccncc1C(C)(CN)CO. The molecule has 3 nitrogen and oxygen atoms in total. The van der Waals surface area contributed by atoms with Crippen molar-refractivity contribution in [1.82, 2.24) is 4.98 Å². The van der Waals surface area contributed by atoms with E-state index >= 15 is 0 Å². The zero-order valence-corrected chi connectivity index (χ0v) is 8.12. The first-order valence-electron chi connectivity index (χ1n) is 4.36. The van der Waals surface area contributed by atoms with Gasteiger partial charge in [0.05, 0.1) is 6.61 Å². The van der Waals surface area contributed by atoms with E-state index in [2.05, 4.69) is 4.98 Å². The average Bonchev–Trinajstić information content (AvgIpc) is 2.17. The third-order valence-corrected chi connectivity index (χ3v) is 2.49. The lowest BCUT2D eigenvalue weighted by atomic mass is 9.82. The van der Waals surface area contributed by atoms with Crippen LogP contribution in [0.5, 0.6) is 0 Å². The maximum absolute atomic E-state index is 9.26. The van der Waals surface area contributed by atoms with Crippen molar-refractivity contribution in [3.8, 4) is 0 Å². The van der Waals surface area contributed by atoms with E-state index in [4.69, 9.17) is 5.73 Å². The summed E-state index contributed by atoms with van der Waals surface area (Å²) < 4.78 is 0. The zero-order chi connectivity index (χ0) is 9.90. The van der Waals surface area contributed by atoms with Crippen molar-refractivity contribution in [1.29, 1.82) is 0 Å². The largest absolute Gasteiger partial charge is 0.395 e. The Hall–Kier alpha value is -0.930. The molecule has 1 aromatic heterocycles. The molecule has 0 saturated heterocycles. The lowest BCUT2D eigenvalue weighted by Gasteiger charge is -2.27. The Morgan fingerprint density at radius 1 is 1.62 bits per heavy atom. The van der Waals surface area contributed by atoms with Crippen LogP contribution in [0.1, 0.15) is 18.1 Å². The number of pyridine rings is 1. The van der Waals surface area contributed by atoms with Gasteiger partial charge in [-0.2, -0.15) is 0 Å². The van der Waals surface area contributed by atoms with E-state index in [1.807, 2.05) is 19.9 Å². The Labute approximate surface area is 78.6 Å². The highest BCUT2D eigenvalue weighted by atomic mass is 16.3. The quantitative estimate of drug-likeness (QED) is 0.716. The molecule has 1 atom stereocenters. The molecule has 1 rings (SSSR count). The van der Waals surface area contributed by atoms with Gasteiger partial charge in [-0.25, -0.2) is 0 Å². The van der Waals surface area contributed by atoms with Gasteiger partial charge >= 0.3 is 0 Å². The van der Waals surface area contributed by atoms with E-state index in [0.29, 0.717) is 6.54 Å². The van der Waals surface area contributed by atoms with Crippen molar-refractivity contribution in [3.63, 3.8) is 0 Å². The smallest absolute Gasteiger partial charge is 0.0538 e.